The number of methoxy groups -OCH3 is 1. The van der Waals surface area contributed by atoms with Crippen molar-refractivity contribution in [1.82, 2.24) is 10.2 Å². The standard InChI is InChI=1S/C9H22N2O/c1-8(2)10-6-9(7-12-5)11(3)4/h8-10H,6-7H2,1-5H3. The average Bonchev–Trinajstić information content (AvgIpc) is 1.96. The van der Waals surface area contributed by atoms with Crippen LogP contribution < -0.4 is 5.32 Å². The second kappa shape index (κ2) is 6.40. The van der Waals surface area contributed by atoms with Gasteiger partial charge >= 0.3 is 0 Å². The Bertz CT molecular complexity index is 105. The highest BCUT2D eigenvalue weighted by molar-refractivity contribution is 4.69. The lowest BCUT2D eigenvalue weighted by Gasteiger charge is -2.24. The molecule has 0 saturated heterocycles. The average molecular weight is 174 g/mol. The minimum atomic E-state index is 0.470. The smallest absolute Gasteiger partial charge is 0.0630 e. The van der Waals surface area contributed by atoms with Crippen LogP contribution in [0.25, 0.3) is 0 Å². The first-order chi connectivity index (χ1) is 5.57. The zero-order valence-corrected chi connectivity index (χ0v) is 8.92. The van der Waals surface area contributed by atoms with Crippen molar-refractivity contribution in [2.24, 2.45) is 0 Å². The zero-order valence-electron chi connectivity index (χ0n) is 8.92. The van der Waals surface area contributed by atoms with E-state index in [4.69, 9.17) is 4.74 Å². The lowest BCUT2D eigenvalue weighted by atomic mass is 10.2. The number of ether oxygens (including phenoxy) is 1. The molecule has 74 valence electrons. The molecule has 1 unspecified atom stereocenters. The van der Waals surface area contributed by atoms with Crippen molar-refractivity contribution in [3.63, 3.8) is 0 Å². The molecule has 0 saturated carbocycles. The van der Waals surface area contributed by atoms with Crippen LogP contribution in [0.3, 0.4) is 0 Å². The van der Waals surface area contributed by atoms with Crippen LogP contribution in [0.1, 0.15) is 13.8 Å². The first-order valence-corrected chi connectivity index (χ1v) is 4.46. The number of nitrogens with zero attached hydrogens (tertiary/aromatic N) is 1. The van der Waals surface area contributed by atoms with Crippen molar-refractivity contribution >= 4 is 0 Å². The van der Waals surface area contributed by atoms with E-state index >= 15 is 0 Å². The third-order valence-electron chi connectivity index (χ3n) is 1.85. The van der Waals surface area contributed by atoms with Crippen molar-refractivity contribution in [1.29, 1.82) is 0 Å². The summed E-state index contributed by atoms with van der Waals surface area (Å²) in [5.41, 5.74) is 0. The topological polar surface area (TPSA) is 24.5 Å². The summed E-state index contributed by atoms with van der Waals surface area (Å²) < 4.78 is 5.12. The third kappa shape index (κ3) is 5.52. The predicted molar refractivity (Wildman–Crippen MR) is 52.5 cm³/mol. The maximum Gasteiger partial charge on any atom is 0.0630 e. The monoisotopic (exact) mass is 174 g/mol. The van der Waals surface area contributed by atoms with Gasteiger partial charge in [-0.15, -0.1) is 0 Å². The third-order valence-corrected chi connectivity index (χ3v) is 1.85. The summed E-state index contributed by atoms with van der Waals surface area (Å²) in [5, 5.41) is 3.39. The highest BCUT2D eigenvalue weighted by Crippen LogP contribution is 1.92. The zero-order chi connectivity index (χ0) is 9.56. The Morgan fingerprint density at radius 3 is 2.25 bits per heavy atom. The van der Waals surface area contributed by atoms with Gasteiger partial charge in [-0.1, -0.05) is 13.8 Å². The highest BCUT2D eigenvalue weighted by Gasteiger charge is 2.10. The number of hydrogen-bond acceptors (Lipinski definition) is 3. The van der Waals surface area contributed by atoms with Crippen LogP contribution in [-0.4, -0.2) is 51.3 Å². The Labute approximate surface area is 76.1 Å². The number of hydrogen-bond donors (Lipinski definition) is 1. The Balaban J connectivity index is 3.63. The minimum absolute atomic E-state index is 0.470. The van der Waals surface area contributed by atoms with E-state index in [1.165, 1.54) is 0 Å². The number of nitrogens with one attached hydrogen (secondary N) is 1. The van der Waals surface area contributed by atoms with Gasteiger partial charge in [-0.2, -0.15) is 0 Å². The van der Waals surface area contributed by atoms with Crippen LogP contribution in [0.15, 0.2) is 0 Å². The molecule has 0 rings (SSSR count). The van der Waals surface area contributed by atoms with Gasteiger partial charge in [0.05, 0.1) is 6.61 Å². The molecule has 12 heavy (non-hydrogen) atoms. The van der Waals surface area contributed by atoms with Gasteiger partial charge in [0, 0.05) is 25.7 Å². The molecule has 1 N–H and O–H groups in total. The normalized spacial score (nSPS) is 14.2. The molecular formula is C9H22N2O. The predicted octanol–water partition coefficient (Wildman–Crippen LogP) is 0.561. The molecular weight excluding hydrogens is 152 g/mol. The molecule has 3 nitrogen and oxygen atoms in total. The van der Waals surface area contributed by atoms with E-state index in [9.17, 15) is 0 Å². The summed E-state index contributed by atoms with van der Waals surface area (Å²) in [6.45, 7) is 6.07. The summed E-state index contributed by atoms with van der Waals surface area (Å²) in [4.78, 5) is 2.18. The molecule has 0 bridgehead atoms. The van der Waals surface area contributed by atoms with Gasteiger partial charge in [0.1, 0.15) is 0 Å². The van der Waals surface area contributed by atoms with E-state index in [2.05, 4.69) is 38.2 Å². The first kappa shape index (κ1) is 11.9. The van der Waals surface area contributed by atoms with Crippen molar-refractivity contribution < 1.29 is 4.74 Å². The van der Waals surface area contributed by atoms with Crippen LogP contribution in [0.2, 0.25) is 0 Å². The molecule has 0 aromatic rings. The van der Waals surface area contributed by atoms with E-state index in [-0.39, 0.29) is 0 Å². The molecule has 0 aromatic carbocycles. The Morgan fingerprint density at radius 1 is 1.33 bits per heavy atom. The number of rotatable bonds is 6. The fourth-order valence-corrected chi connectivity index (χ4v) is 0.955. The van der Waals surface area contributed by atoms with E-state index < -0.39 is 0 Å². The second-order valence-corrected chi connectivity index (χ2v) is 3.64. The second-order valence-electron chi connectivity index (χ2n) is 3.64. The quantitative estimate of drug-likeness (QED) is 0.637. The molecule has 0 radical (unpaired) electrons. The van der Waals surface area contributed by atoms with Gasteiger partial charge in [-0.05, 0) is 14.1 Å². The van der Waals surface area contributed by atoms with Gasteiger partial charge in [-0.3, -0.25) is 0 Å². The Hall–Kier alpha value is -0.120. The molecule has 0 aromatic heterocycles. The van der Waals surface area contributed by atoms with Gasteiger partial charge in [-0.25, -0.2) is 0 Å². The molecule has 0 aliphatic heterocycles. The van der Waals surface area contributed by atoms with Crippen molar-refractivity contribution in [3.05, 3.63) is 0 Å². The lowest BCUT2D eigenvalue weighted by molar-refractivity contribution is 0.118. The lowest BCUT2D eigenvalue weighted by Crippen LogP contribution is -2.42. The van der Waals surface area contributed by atoms with Crippen LogP contribution in [0.5, 0.6) is 0 Å². The summed E-state index contributed by atoms with van der Waals surface area (Å²) in [5.74, 6) is 0. The molecule has 0 fully saturated rings. The molecule has 0 spiro atoms. The summed E-state index contributed by atoms with van der Waals surface area (Å²) >= 11 is 0. The summed E-state index contributed by atoms with van der Waals surface area (Å²) in [6, 6.07) is 1.02. The first-order valence-electron chi connectivity index (χ1n) is 4.46. The molecule has 0 aliphatic rings. The largest absolute Gasteiger partial charge is 0.383 e. The summed E-state index contributed by atoms with van der Waals surface area (Å²) in [7, 11) is 5.89. The van der Waals surface area contributed by atoms with Crippen molar-refractivity contribution in [2.75, 3.05) is 34.4 Å². The number of likely N-dealkylation sites (N-methyl/N-ethyl adjacent to an activating group) is 1. The molecule has 0 aliphatic carbocycles. The minimum Gasteiger partial charge on any atom is -0.383 e. The van der Waals surface area contributed by atoms with E-state index in [1.807, 2.05) is 0 Å². The van der Waals surface area contributed by atoms with Crippen LogP contribution >= 0.6 is 0 Å². The highest BCUT2D eigenvalue weighted by atomic mass is 16.5. The van der Waals surface area contributed by atoms with Gasteiger partial charge in [0.15, 0.2) is 0 Å². The fourth-order valence-electron chi connectivity index (χ4n) is 0.955. The van der Waals surface area contributed by atoms with E-state index in [1.54, 1.807) is 7.11 Å². The fraction of sp³-hybridized carbons (Fsp3) is 1.00. The van der Waals surface area contributed by atoms with Crippen molar-refractivity contribution in [2.45, 2.75) is 25.9 Å². The maximum absolute atomic E-state index is 5.12. The molecule has 1 atom stereocenters. The van der Waals surface area contributed by atoms with Crippen LogP contribution in [-0.2, 0) is 4.74 Å². The van der Waals surface area contributed by atoms with Gasteiger partial charge in [0.25, 0.3) is 0 Å². The van der Waals surface area contributed by atoms with Crippen LogP contribution in [0, 0.1) is 0 Å². The Kier molecular flexibility index (Phi) is 6.34. The maximum atomic E-state index is 5.12. The Morgan fingerprint density at radius 2 is 1.92 bits per heavy atom. The molecule has 3 heteroatoms. The van der Waals surface area contributed by atoms with E-state index in [0.29, 0.717) is 12.1 Å². The molecule has 0 amide bonds. The summed E-state index contributed by atoms with van der Waals surface area (Å²) in [6.07, 6.45) is 0. The van der Waals surface area contributed by atoms with Crippen LogP contribution in [0.4, 0.5) is 0 Å². The van der Waals surface area contributed by atoms with Gasteiger partial charge < -0.3 is 15.0 Å². The van der Waals surface area contributed by atoms with Gasteiger partial charge in [0.2, 0.25) is 0 Å². The van der Waals surface area contributed by atoms with E-state index in [0.717, 1.165) is 13.2 Å². The van der Waals surface area contributed by atoms with Crippen molar-refractivity contribution in [3.8, 4) is 0 Å². The molecule has 0 heterocycles. The SMILES string of the molecule is COCC(CNC(C)C)N(C)C.